The second kappa shape index (κ2) is 6.68. The van der Waals surface area contributed by atoms with Crippen LogP contribution in [0.1, 0.15) is 36.7 Å². The molecule has 0 saturated carbocycles. The summed E-state index contributed by atoms with van der Waals surface area (Å²) in [5.41, 5.74) is 1.88. The van der Waals surface area contributed by atoms with E-state index in [-0.39, 0.29) is 18.1 Å². The largest absolute Gasteiger partial charge is 0.395 e. The molecule has 1 rings (SSSR count). The highest BCUT2D eigenvalue weighted by molar-refractivity contribution is 5.94. The Labute approximate surface area is 115 Å². The quantitative estimate of drug-likeness (QED) is 0.850. The molecule has 4 heteroatoms. The minimum atomic E-state index is -0.0654. The van der Waals surface area contributed by atoms with Crippen molar-refractivity contribution in [2.75, 3.05) is 20.2 Å². The second-order valence-corrected chi connectivity index (χ2v) is 5.75. The van der Waals surface area contributed by atoms with Crippen molar-refractivity contribution in [3.63, 3.8) is 0 Å². The molecule has 0 atom stereocenters. The van der Waals surface area contributed by atoms with Crippen molar-refractivity contribution < 1.29 is 9.90 Å². The molecule has 0 unspecified atom stereocenters. The molecule has 1 aromatic rings. The number of carbonyl (C=O) groups is 1. The Kier molecular flexibility index (Phi) is 5.51. The fourth-order valence-electron chi connectivity index (χ4n) is 1.60. The summed E-state index contributed by atoms with van der Waals surface area (Å²) < 4.78 is 0. The van der Waals surface area contributed by atoms with Gasteiger partial charge in [0.15, 0.2) is 0 Å². The van der Waals surface area contributed by atoms with E-state index >= 15 is 0 Å². The van der Waals surface area contributed by atoms with E-state index in [1.165, 1.54) is 4.90 Å². The standard InChI is InChI=1S/C15H24N2O2/c1-15(2,3)16-11-12-5-7-13(8-6-12)14(19)17(4)9-10-18/h5-8,16,18H,9-11H2,1-4H3. The van der Waals surface area contributed by atoms with Gasteiger partial charge in [0.2, 0.25) is 0 Å². The van der Waals surface area contributed by atoms with Crippen LogP contribution < -0.4 is 5.32 Å². The van der Waals surface area contributed by atoms with Crippen LogP contribution in [0.4, 0.5) is 0 Å². The van der Waals surface area contributed by atoms with Crippen LogP contribution in [0.15, 0.2) is 24.3 Å². The summed E-state index contributed by atoms with van der Waals surface area (Å²) in [7, 11) is 1.69. The van der Waals surface area contributed by atoms with E-state index in [4.69, 9.17) is 5.11 Å². The minimum absolute atomic E-state index is 0.0180. The molecule has 4 nitrogen and oxygen atoms in total. The van der Waals surface area contributed by atoms with E-state index in [9.17, 15) is 4.79 Å². The van der Waals surface area contributed by atoms with Crippen LogP contribution >= 0.6 is 0 Å². The molecule has 0 radical (unpaired) electrons. The Morgan fingerprint density at radius 1 is 1.26 bits per heavy atom. The van der Waals surface area contributed by atoms with Gasteiger partial charge in [-0.15, -0.1) is 0 Å². The highest BCUT2D eigenvalue weighted by Gasteiger charge is 2.11. The molecule has 1 aromatic carbocycles. The molecule has 1 amide bonds. The number of benzene rings is 1. The van der Waals surface area contributed by atoms with Crippen molar-refractivity contribution >= 4 is 5.91 Å². The first-order valence-electron chi connectivity index (χ1n) is 6.54. The van der Waals surface area contributed by atoms with Crippen LogP contribution in [0.25, 0.3) is 0 Å². The van der Waals surface area contributed by atoms with E-state index in [2.05, 4.69) is 26.1 Å². The second-order valence-electron chi connectivity index (χ2n) is 5.75. The summed E-state index contributed by atoms with van der Waals surface area (Å²) in [5.74, 6) is -0.0654. The smallest absolute Gasteiger partial charge is 0.253 e. The Morgan fingerprint density at radius 2 is 1.84 bits per heavy atom. The first-order chi connectivity index (χ1) is 8.83. The van der Waals surface area contributed by atoms with Crippen LogP contribution in [0.2, 0.25) is 0 Å². The van der Waals surface area contributed by atoms with Crippen LogP contribution in [0, 0.1) is 0 Å². The Morgan fingerprint density at radius 3 is 2.32 bits per heavy atom. The summed E-state index contributed by atoms with van der Waals surface area (Å²) in [4.78, 5) is 13.5. The highest BCUT2D eigenvalue weighted by atomic mass is 16.3. The monoisotopic (exact) mass is 264 g/mol. The Balaban J connectivity index is 2.63. The fourth-order valence-corrected chi connectivity index (χ4v) is 1.60. The van der Waals surface area contributed by atoms with E-state index in [1.807, 2.05) is 24.3 Å². The third kappa shape index (κ3) is 5.41. The number of amides is 1. The summed E-state index contributed by atoms with van der Waals surface area (Å²) in [6.45, 7) is 7.48. The van der Waals surface area contributed by atoms with E-state index < -0.39 is 0 Å². The maximum absolute atomic E-state index is 12.0. The number of nitrogens with zero attached hydrogens (tertiary/aromatic N) is 1. The third-order valence-electron chi connectivity index (χ3n) is 2.81. The van der Waals surface area contributed by atoms with Crippen LogP contribution in [-0.4, -0.2) is 41.7 Å². The Hall–Kier alpha value is -1.39. The van der Waals surface area contributed by atoms with Crippen LogP contribution in [0.3, 0.4) is 0 Å². The van der Waals surface area contributed by atoms with Crippen molar-refractivity contribution in [1.29, 1.82) is 0 Å². The van der Waals surface area contributed by atoms with Gasteiger partial charge in [-0.2, -0.15) is 0 Å². The SMILES string of the molecule is CN(CCO)C(=O)c1ccc(CNC(C)(C)C)cc1. The summed E-state index contributed by atoms with van der Waals surface area (Å²) >= 11 is 0. The zero-order valence-corrected chi connectivity index (χ0v) is 12.2. The molecule has 2 N–H and O–H groups in total. The average molecular weight is 264 g/mol. The summed E-state index contributed by atoms with van der Waals surface area (Å²) in [6, 6.07) is 7.57. The number of hydrogen-bond acceptors (Lipinski definition) is 3. The maximum atomic E-state index is 12.0. The number of carbonyl (C=O) groups excluding carboxylic acids is 1. The zero-order chi connectivity index (χ0) is 14.5. The topological polar surface area (TPSA) is 52.6 Å². The number of aliphatic hydroxyl groups is 1. The number of aliphatic hydroxyl groups excluding tert-OH is 1. The molecule has 0 saturated heterocycles. The van der Waals surface area contributed by atoms with Gasteiger partial charge >= 0.3 is 0 Å². The molecule has 106 valence electrons. The van der Waals surface area contributed by atoms with Gasteiger partial charge in [0.25, 0.3) is 5.91 Å². The predicted molar refractivity (Wildman–Crippen MR) is 77.1 cm³/mol. The first kappa shape index (κ1) is 15.7. The number of hydrogen-bond donors (Lipinski definition) is 2. The minimum Gasteiger partial charge on any atom is -0.395 e. The molecule has 0 aromatic heterocycles. The van der Waals surface area contributed by atoms with Gasteiger partial charge in [-0.3, -0.25) is 4.79 Å². The molecular weight excluding hydrogens is 240 g/mol. The summed E-state index contributed by atoms with van der Waals surface area (Å²) in [5, 5.41) is 12.2. The maximum Gasteiger partial charge on any atom is 0.253 e. The third-order valence-corrected chi connectivity index (χ3v) is 2.81. The van der Waals surface area contributed by atoms with Gasteiger partial charge in [0.05, 0.1) is 6.61 Å². The lowest BCUT2D eigenvalue weighted by Gasteiger charge is -2.20. The van der Waals surface area contributed by atoms with E-state index in [1.54, 1.807) is 7.05 Å². The molecule has 0 fully saturated rings. The van der Waals surface area contributed by atoms with Crippen molar-refractivity contribution in [3.05, 3.63) is 35.4 Å². The van der Waals surface area contributed by atoms with Gasteiger partial charge in [-0.05, 0) is 38.5 Å². The normalized spacial score (nSPS) is 11.4. The molecule has 0 spiro atoms. The number of rotatable bonds is 5. The number of likely N-dealkylation sites (N-methyl/N-ethyl adjacent to an activating group) is 1. The lowest BCUT2D eigenvalue weighted by atomic mass is 10.1. The van der Waals surface area contributed by atoms with E-state index in [0.29, 0.717) is 12.1 Å². The molecule has 0 aliphatic heterocycles. The summed E-state index contributed by atoms with van der Waals surface area (Å²) in [6.07, 6.45) is 0. The van der Waals surface area contributed by atoms with Gasteiger partial charge < -0.3 is 15.3 Å². The van der Waals surface area contributed by atoms with Gasteiger partial charge in [0, 0.05) is 31.2 Å². The fraction of sp³-hybridized carbons (Fsp3) is 0.533. The van der Waals surface area contributed by atoms with E-state index in [0.717, 1.165) is 12.1 Å². The van der Waals surface area contributed by atoms with Gasteiger partial charge in [-0.1, -0.05) is 12.1 Å². The van der Waals surface area contributed by atoms with Gasteiger partial charge in [0.1, 0.15) is 0 Å². The molecule has 0 heterocycles. The van der Waals surface area contributed by atoms with Crippen molar-refractivity contribution in [2.24, 2.45) is 0 Å². The zero-order valence-electron chi connectivity index (χ0n) is 12.2. The molecule has 19 heavy (non-hydrogen) atoms. The molecule has 0 bridgehead atoms. The van der Waals surface area contributed by atoms with Crippen LogP contribution in [0.5, 0.6) is 0 Å². The molecule has 0 aliphatic carbocycles. The van der Waals surface area contributed by atoms with Crippen molar-refractivity contribution in [2.45, 2.75) is 32.9 Å². The Bertz CT molecular complexity index is 407. The van der Waals surface area contributed by atoms with Crippen LogP contribution in [-0.2, 0) is 6.54 Å². The van der Waals surface area contributed by atoms with Crippen molar-refractivity contribution in [3.8, 4) is 0 Å². The first-order valence-corrected chi connectivity index (χ1v) is 6.54. The number of nitrogens with one attached hydrogen (secondary N) is 1. The average Bonchev–Trinajstić information content (AvgIpc) is 2.35. The van der Waals surface area contributed by atoms with Crippen molar-refractivity contribution in [1.82, 2.24) is 10.2 Å². The molecular formula is C15H24N2O2. The lowest BCUT2D eigenvalue weighted by molar-refractivity contribution is 0.0767. The van der Waals surface area contributed by atoms with Gasteiger partial charge in [-0.25, -0.2) is 0 Å². The predicted octanol–water partition coefficient (Wildman–Crippen LogP) is 1.64. The molecule has 0 aliphatic rings. The lowest BCUT2D eigenvalue weighted by Crippen LogP contribution is -2.35. The highest BCUT2D eigenvalue weighted by Crippen LogP contribution is 2.08.